The summed E-state index contributed by atoms with van der Waals surface area (Å²) in [6.45, 7) is -2.88. The number of rotatable bonds is 7. The maximum Gasteiger partial charge on any atom is 0.387 e. The lowest BCUT2D eigenvalue weighted by atomic mass is 10.2. The average Bonchev–Trinajstić information content (AvgIpc) is 3.29. The van der Waals surface area contributed by atoms with Crippen LogP contribution in [0, 0.1) is 0 Å². The second-order valence-corrected chi connectivity index (χ2v) is 5.75. The molecule has 3 aromatic rings. The van der Waals surface area contributed by atoms with Crippen molar-refractivity contribution in [2.45, 2.75) is 17.6 Å². The number of halogens is 2. The first-order valence-electron chi connectivity index (χ1n) is 7.23. The molecule has 0 unspecified atom stereocenters. The van der Waals surface area contributed by atoms with Gasteiger partial charge in [-0.05, 0) is 36.4 Å². The molecule has 0 saturated carbocycles. The molecule has 0 bridgehead atoms. The number of alkyl halides is 2. The summed E-state index contributed by atoms with van der Waals surface area (Å²) in [5.74, 6) is 0.757. The van der Waals surface area contributed by atoms with Gasteiger partial charge in [0.25, 0.3) is 5.22 Å². The monoisotopic (exact) mass is 382 g/mol. The van der Waals surface area contributed by atoms with Crippen molar-refractivity contribution in [1.29, 1.82) is 0 Å². The first-order chi connectivity index (χ1) is 12.5. The molecule has 7 nitrogen and oxygen atoms in total. The van der Waals surface area contributed by atoms with Gasteiger partial charge in [0.05, 0.1) is 12.9 Å². The maximum atomic E-state index is 12.1. The van der Waals surface area contributed by atoms with Crippen molar-refractivity contribution in [2.24, 2.45) is 0 Å². The Morgan fingerprint density at radius 1 is 1.15 bits per heavy atom. The van der Waals surface area contributed by atoms with E-state index in [9.17, 15) is 13.6 Å². The highest BCUT2D eigenvalue weighted by molar-refractivity contribution is 7.98. The molecular weight excluding hydrogens is 370 g/mol. The minimum atomic E-state index is -2.88. The fourth-order valence-electron chi connectivity index (χ4n) is 1.96. The van der Waals surface area contributed by atoms with Gasteiger partial charge in [0, 0.05) is 5.56 Å². The number of esters is 1. The summed E-state index contributed by atoms with van der Waals surface area (Å²) in [5.41, 5.74) is 0.567. The van der Waals surface area contributed by atoms with Crippen LogP contribution in [0.2, 0.25) is 0 Å². The summed E-state index contributed by atoms with van der Waals surface area (Å²) in [5, 5.41) is 8.10. The number of ether oxygens (including phenoxy) is 2. The van der Waals surface area contributed by atoms with Crippen LogP contribution in [0.5, 0.6) is 5.75 Å². The van der Waals surface area contributed by atoms with E-state index in [0.717, 1.165) is 0 Å². The van der Waals surface area contributed by atoms with Gasteiger partial charge in [0.1, 0.15) is 11.5 Å². The lowest BCUT2D eigenvalue weighted by molar-refractivity contribution is -0.0498. The Morgan fingerprint density at radius 3 is 2.62 bits per heavy atom. The summed E-state index contributed by atoms with van der Waals surface area (Å²) >= 11 is 1.22. The zero-order chi connectivity index (χ0) is 18.5. The van der Waals surface area contributed by atoms with Gasteiger partial charge in [-0.2, -0.15) is 8.78 Å². The Labute approximate surface area is 150 Å². The number of nitrogens with zero attached hydrogens (tertiary/aromatic N) is 2. The van der Waals surface area contributed by atoms with Gasteiger partial charge >= 0.3 is 12.6 Å². The molecule has 1 aromatic carbocycles. The number of hydrogen-bond donors (Lipinski definition) is 0. The molecule has 0 saturated heterocycles. The molecule has 0 aliphatic rings. The Balaban J connectivity index is 1.61. The van der Waals surface area contributed by atoms with E-state index in [-0.39, 0.29) is 17.4 Å². The first-order valence-corrected chi connectivity index (χ1v) is 8.22. The predicted octanol–water partition coefficient (Wildman–Crippen LogP) is 4.01. The average molecular weight is 382 g/mol. The molecule has 0 atom stereocenters. The van der Waals surface area contributed by atoms with Gasteiger partial charge in [0.15, 0.2) is 0 Å². The quantitative estimate of drug-likeness (QED) is 0.447. The molecule has 0 radical (unpaired) electrons. The minimum absolute atomic E-state index is 0.0390. The van der Waals surface area contributed by atoms with E-state index in [4.69, 9.17) is 8.83 Å². The molecule has 2 aromatic heterocycles. The molecule has 26 heavy (non-hydrogen) atoms. The van der Waals surface area contributed by atoms with Crippen LogP contribution < -0.4 is 4.74 Å². The van der Waals surface area contributed by atoms with Crippen LogP contribution in [0.1, 0.15) is 16.3 Å². The van der Waals surface area contributed by atoms with Crippen molar-refractivity contribution < 1.29 is 31.9 Å². The maximum absolute atomic E-state index is 12.1. The van der Waals surface area contributed by atoms with Gasteiger partial charge in [-0.1, -0.05) is 11.8 Å². The van der Waals surface area contributed by atoms with Crippen molar-refractivity contribution in [3.63, 3.8) is 0 Å². The second-order valence-electron chi connectivity index (χ2n) is 4.82. The smallest absolute Gasteiger partial charge is 0.387 e. The Bertz CT molecular complexity index is 879. The van der Waals surface area contributed by atoms with Crippen LogP contribution in [-0.2, 0) is 10.5 Å². The predicted molar refractivity (Wildman–Crippen MR) is 86.0 cm³/mol. The lowest BCUT2D eigenvalue weighted by Crippen LogP contribution is -2.01. The Morgan fingerprint density at radius 2 is 1.92 bits per heavy atom. The third kappa shape index (κ3) is 4.39. The molecule has 0 N–H and O–H groups in total. The van der Waals surface area contributed by atoms with Crippen molar-refractivity contribution in [2.75, 3.05) is 7.11 Å². The summed E-state index contributed by atoms with van der Waals surface area (Å²) in [7, 11) is 1.27. The third-order valence-electron chi connectivity index (χ3n) is 3.12. The van der Waals surface area contributed by atoms with E-state index < -0.39 is 12.6 Å². The lowest BCUT2D eigenvalue weighted by Gasteiger charge is -2.03. The number of benzene rings is 1. The zero-order valence-corrected chi connectivity index (χ0v) is 14.2. The number of thioether (sulfide) groups is 1. The highest BCUT2D eigenvalue weighted by Gasteiger charge is 2.14. The van der Waals surface area contributed by atoms with E-state index in [1.807, 2.05) is 0 Å². The molecule has 0 fully saturated rings. The Kier molecular flexibility index (Phi) is 5.52. The van der Waals surface area contributed by atoms with Crippen LogP contribution in [0.3, 0.4) is 0 Å². The van der Waals surface area contributed by atoms with E-state index >= 15 is 0 Å². The number of aromatic nitrogens is 2. The standard InChI is InChI=1S/C16H12F2N2O5S/c1-22-14(21)12-7-6-11(23-12)8-26-16-20-19-13(25-16)9-2-4-10(5-3-9)24-15(17)18/h2-7,15H,8H2,1H3. The number of methoxy groups -OCH3 is 1. The molecule has 0 spiro atoms. The summed E-state index contributed by atoms with van der Waals surface area (Å²) < 4.78 is 44.0. The normalized spacial score (nSPS) is 10.9. The first kappa shape index (κ1) is 17.9. The fourth-order valence-corrected chi connectivity index (χ4v) is 2.62. The summed E-state index contributed by atoms with van der Waals surface area (Å²) in [4.78, 5) is 11.3. The third-order valence-corrected chi connectivity index (χ3v) is 3.96. The van der Waals surface area contributed by atoms with Crippen molar-refractivity contribution in [1.82, 2.24) is 10.2 Å². The Hall–Kier alpha value is -2.88. The summed E-state index contributed by atoms with van der Waals surface area (Å²) in [6.07, 6.45) is 0. The van der Waals surface area contributed by atoms with Crippen LogP contribution in [0.4, 0.5) is 8.78 Å². The van der Waals surface area contributed by atoms with Crippen LogP contribution in [-0.4, -0.2) is 29.9 Å². The van der Waals surface area contributed by atoms with Gasteiger partial charge < -0.3 is 18.3 Å². The van der Waals surface area contributed by atoms with E-state index in [0.29, 0.717) is 22.3 Å². The number of carbonyl (C=O) groups is 1. The molecule has 3 rings (SSSR count). The minimum Gasteiger partial charge on any atom is -0.463 e. The van der Waals surface area contributed by atoms with Crippen molar-refractivity contribution in [3.8, 4) is 17.2 Å². The zero-order valence-electron chi connectivity index (χ0n) is 13.3. The van der Waals surface area contributed by atoms with Crippen molar-refractivity contribution in [3.05, 3.63) is 47.9 Å². The molecule has 136 valence electrons. The fraction of sp³-hybridized carbons (Fsp3) is 0.188. The van der Waals surface area contributed by atoms with E-state index in [1.165, 1.54) is 49.2 Å². The van der Waals surface area contributed by atoms with Crippen LogP contribution >= 0.6 is 11.8 Å². The molecule has 0 aliphatic heterocycles. The number of carbonyl (C=O) groups excluding carboxylic acids is 1. The largest absolute Gasteiger partial charge is 0.463 e. The van der Waals surface area contributed by atoms with Crippen molar-refractivity contribution >= 4 is 17.7 Å². The van der Waals surface area contributed by atoms with E-state index in [1.54, 1.807) is 6.07 Å². The SMILES string of the molecule is COC(=O)c1ccc(CSc2nnc(-c3ccc(OC(F)F)cc3)o2)o1. The highest BCUT2D eigenvalue weighted by Crippen LogP contribution is 2.27. The molecular formula is C16H12F2N2O5S. The summed E-state index contributed by atoms with van der Waals surface area (Å²) in [6, 6.07) is 9.01. The molecule has 10 heteroatoms. The number of hydrogen-bond acceptors (Lipinski definition) is 8. The van der Waals surface area contributed by atoms with Gasteiger partial charge in [0.2, 0.25) is 11.7 Å². The molecule has 2 heterocycles. The molecule has 0 amide bonds. The topological polar surface area (TPSA) is 87.6 Å². The van der Waals surface area contributed by atoms with Crippen LogP contribution in [0.15, 0.2) is 50.5 Å². The van der Waals surface area contributed by atoms with Gasteiger partial charge in [-0.25, -0.2) is 4.79 Å². The number of furan rings is 1. The van der Waals surface area contributed by atoms with Gasteiger partial charge in [-0.3, -0.25) is 0 Å². The van der Waals surface area contributed by atoms with Crippen LogP contribution in [0.25, 0.3) is 11.5 Å². The molecule has 0 aliphatic carbocycles. The highest BCUT2D eigenvalue weighted by atomic mass is 32.2. The van der Waals surface area contributed by atoms with Gasteiger partial charge in [-0.15, -0.1) is 10.2 Å². The second kappa shape index (κ2) is 8.00. The van der Waals surface area contributed by atoms with E-state index in [2.05, 4.69) is 19.7 Å².